The maximum atomic E-state index is 8.57. The van der Waals surface area contributed by atoms with Crippen LogP contribution in [0.2, 0.25) is 0 Å². The highest BCUT2D eigenvalue weighted by molar-refractivity contribution is 5.40. The molecule has 0 spiro atoms. The summed E-state index contributed by atoms with van der Waals surface area (Å²) in [4.78, 5) is 1.76. The van der Waals surface area contributed by atoms with Gasteiger partial charge < -0.3 is 5.73 Å². The molecule has 76 valence electrons. The van der Waals surface area contributed by atoms with Crippen molar-refractivity contribution >= 4 is 5.69 Å². The minimum atomic E-state index is 0.252. The SMILES string of the molecule is N#CCN(CC#N)Cc1cccc(N)c1. The summed E-state index contributed by atoms with van der Waals surface area (Å²) in [6, 6.07) is 11.5. The third-order valence-corrected chi connectivity index (χ3v) is 1.95. The van der Waals surface area contributed by atoms with Gasteiger partial charge in [-0.3, -0.25) is 4.90 Å². The first-order valence-electron chi connectivity index (χ1n) is 4.57. The molecule has 0 saturated carbocycles. The highest BCUT2D eigenvalue weighted by Gasteiger charge is 2.04. The summed E-state index contributed by atoms with van der Waals surface area (Å²) in [5.41, 5.74) is 7.34. The largest absolute Gasteiger partial charge is 0.399 e. The second kappa shape index (κ2) is 5.64. The van der Waals surface area contributed by atoms with Gasteiger partial charge in [0.25, 0.3) is 0 Å². The number of nitrogen functional groups attached to an aromatic ring is 1. The van der Waals surface area contributed by atoms with Gasteiger partial charge in [0.2, 0.25) is 0 Å². The van der Waals surface area contributed by atoms with Crippen molar-refractivity contribution in [3.05, 3.63) is 29.8 Å². The lowest BCUT2D eigenvalue weighted by Gasteiger charge is -2.15. The van der Waals surface area contributed by atoms with Gasteiger partial charge in [-0.15, -0.1) is 0 Å². The van der Waals surface area contributed by atoms with Gasteiger partial charge in [-0.1, -0.05) is 12.1 Å². The van der Waals surface area contributed by atoms with Crippen LogP contribution in [0.5, 0.6) is 0 Å². The Bertz CT molecular complexity index is 384. The van der Waals surface area contributed by atoms with Gasteiger partial charge in [0.05, 0.1) is 25.2 Å². The molecule has 0 amide bonds. The van der Waals surface area contributed by atoms with E-state index in [-0.39, 0.29) is 13.1 Å². The summed E-state index contributed by atoms with van der Waals surface area (Å²) in [5.74, 6) is 0. The van der Waals surface area contributed by atoms with E-state index in [9.17, 15) is 0 Å². The van der Waals surface area contributed by atoms with Crippen molar-refractivity contribution < 1.29 is 0 Å². The summed E-state index contributed by atoms with van der Waals surface area (Å²) in [6.45, 7) is 1.08. The lowest BCUT2D eigenvalue weighted by molar-refractivity contribution is 0.335. The van der Waals surface area contributed by atoms with Gasteiger partial charge in [0.1, 0.15) is 0 Å². The van der Waals surface area contributed by atoms with Crippen LogP contribution < -0.4 is 5.73 Å². The van der Waals surface area contributed by atoms with Crippen LogP contribution in [0.25, 0.3) is 0 Å². The number of anilines is 1. The quantitative estimate of drug-likeness (QED) is 0.583. The normalized spacial score (nSPS) is 9.53. The maximum Gasteiger partial charge on any atom is 0.0877 e. The van der Waals surface area contributed by atoms with Crippen LogP contribution >= 0.6 is 0 Å². The Labute approximate surface area is 89.1 Å². The molecule has 0 aliphatic heterocycles. The minimum Gasteiger partial charge on any atom is -0.399 e. The summed E-state index contributed by atoms with van der Waals surface area (Å²) in [5, 5.41) is 17.1. The molecule has 0 aromatic heterocycles. The summed E-state index contributed by atoms with van der Waals surface area (Å²) in [7, 11) is 0. The predicted molar refractivity (Wildman–Crippen MR) is 57.4 cm³/mol. The van der Waals surface area contributed by atoms with Crippen molar-refractivity contribution in [2.75, 3.05) is 18.8 Å². The van der Waals surface area contributed by atoms with Crippen LogP contribution in [-0.2, 0) is 6.54 Å². The van der Waals surface area contributed by atoms with Gasteiger partial charge in [-0.05, 0) is 17.7 Å². The summed E-state index contributed by atoms with van der Waals surface area (Å²) < 4.78 is 0. The van der Waals surface area contributed by atoms with E-state index in [4.69, 9.17) is 16.3 Å². The first-order valence-corrected chi connectivity index (χ1v) is 4.57. The molecule has 0 fully saturated rings. The second-order valence-corrected chi connectivity index (χ2v) is 3.21. The zero-order valence-corrected chi connectivity index (χ0v) is 8.35. The number of hydrogen-bond donors (Lipinski definition) is 1. The second-order valence-electron chi connectivity index (χ2n) is 3.21. The predicted octanol–water partition coefficient (Wildman–Crippen LogP) is 1.12. The minimum absolute atomic E-state index is 0.252. The van der Waals surface area contributed by atoms with Crippen molar-refractivity contribution in [2.24, 2.45) is 0 Å². The van der Waals surface area contributed by atoms with Crippen molar-refractivity contribution in [1.82, 2.24) is 4.90 Å². The third kappa shape index (κ3) is 3.68. The number of benzene rings is 1. The van der Waals surface area contributed by atoms with Crippen LogP contribution in [0.3, 0.4) is 0 Å². The molecule has 1 aromatic carbocycles. The summed E-state index contributed by atoms with van der Waals surface area (Å²) >= 11 is 0. The fraction of sp³-hybridized carbons (Fsp3) is 0.273. The average Bonchev–Trinajstić information content (AvgIpc) is 2.18. The fourth-order valence-corrected chi connectivity index (χ4v) is 1.32. The molecule has 1 rings (SSSR count). The van der Waals surface area contributed by atoms with Crippen LogP contribution in [0.1, 0.15) is 5.56 Å². The van der Waals surface area contributed by atoms with Crippen molar-refractivity contribution in [2.45, 2.75) is 6.54 Å². The molecule has 0 aliphatic rings. The van der Waals surface area contributed by atoms with Crippen LogP contribution in [0.4, 0.5) is 5.69 Å². The molecule has 0 atom stereocenters. The van der Waals surface area contributed by atoms with E-state index in [0.29, 0.717) is 12.2 Å². The Hall–Kier alpha value is -2.04. The first kappa shape index (κ1) is 11.0. The Morgan fingerprint density at radius 2 is 1.87 bits per heavy atom. The van der Waals surface area contributed by atoms with Crippen molar-refractivity contribution in [3.8, 4) is 12.1 Å². The number of nitriles is 2. The molecule has 2 N–H and O–H groups in total. The molecule has 0 heterocycles. The molecule has 4 heteroatoms. The zero-order chi connectivity index (χ0) is 11.1. The van der Waals surface area contributed by atoms with E-state index >= 15 is 0 Å². The van der Waals surface area contributed by atoms with E-state index in [1.807, 2.05) is 36.4 Å². The number of hydrogen-bond acceptors (Lipinski definition) is 4. The van der Waals surface area contributed by atoms with Crippen LogP contribution in [0, 0.1) is 22.7 Å². The average molecular weight is 200 g/mol. The van der Waals surface area contributed by atoms with Gasteiger partial charge in [-0.2, -0.15) is 10.5 Å². The molecule has 15 heavy (non-hydrogen) atoms. The fourth-order valence-electron chi connectivity index (χ4n) is 1.32. The third-order valence-electron chi connectivity index (χ3n) is 1.95. The highest BCUT2D eigenvalue weighted by atomic mass is 15.1. The lowest BCUT2D eigenvalue weighted by Crippen LogP contribution is -2.23. The molecule has 0 saturated heterocycles. The number of nitrogens with two attached hydrogens (primary N) is 1. The van der Waals surface area contributed by atoms with Gasteiger partial charge in [-0.25, -0.2) is 0 Å². The Kier molecular flexibility index (Phi) is 4.15. The number of rotatable bonds is 4. The van der Waals surface area contributed by atoms with Crippen molar-refractivity contribution in [3.63, 3.8) is 0 Å². The van der Waals surface area contributed by atoms with Crippen LogP contribution in [0.15, 0.2) is 24.3 Å². The van der Waals surface area contributed by atoms with E-state index in [0.717, 1.165) is 5.56 Å². The smallest absolute Gasteiger partial charge is 0.0877 e. The Morgan fingerprint density at radius 1 is 1.20 bits per heavy atom. The van der Waals surface area contributed by atoms with Crippen molar-refractivity contribution in [1.29, 1.82) is 10.5 Å². The zero-order valence-electron chi connectivity index (χ0n) is 8.35. The summed E-state index contributed by atoms with van der Waals surface area (Å²) in [6.07, 6.45) is 0. The molecule has 0 aliphatic carbocycles. The van der Waals surface area contributed by atoms with Gasteiger partial charge in [0, 0.05) is 12.2 Å². The molecule has 0 radical (unpaired) electrons. The molecular weight excluding hydrogens is 188 g/mol. The van der Waals surface area contributed by atoms with E-state index < -0.39 is 0 Å². The first-order chi connectivity index (χ1) is 7.26. The van der Waals surface area contributed by atoms with Crippen LogP contribution in [-0.4, -0.2) is 18.0 Å². The van der Waals surface area contributed by atoms with Gasteiger partial charge >= 0.3 is 0 Å². The highest BCUT2D eigenvalue weighted by Crippen LogP contribution is 2.08. The number of nitrogens with zero attached hydrogens (tertiary/aromatic N) is 3. The Balaban J connectivity index is 2.66. The Morgan fingerprint density at radius 3 is 2.40 bits per heavy atom. The lowest BCUT2D eigenvalue weighted by atomic mass is 10.2. The molecule has 1 aromatic rings. The van der Waals surface area contributed by atoms with E-state index in [2.05, 4.69) is 0 Å². The molecular formula is C11H12N4. The molecule has 4 nitrogen and oxygen atoms in total. The maximum absolute atomic E-state index is 8.57. The monoisotopic (exact) mass is 200 g/mol. The molecule has 0 bridgehead atoms. The topological polar surface area (TPSA) is 76.8 Å². The standard InChI is InChI=1S/C11H12N4/c12-4-6-15(7-5-13)9-10-2-1-3-11(14)8-10/h1-3,8H,6-7,9,14H2. The van der Waals surface area contributed by atoms with E-state index in [1.165, 1.54) is 0 Å². The van der Waals surface area contributed by atoms with Gasteiger partial charge in [0.15, 0.2) is 0 Å². The molecule has 0 unspecified atom stereocenters. The van der Waals surface area contributed by atoms with E-state index in [1.54, 1.807) is 4.90 Å².